The van der Waals surface area contributed by atoms with Crippen LogP contribution in [0.25, 0.3) is 0 Å². The predicted octanol–water partition coefficient (Wildman–Crippen LogP) is 2.69. The van der Waals surface area contributed by atoms with E-state index in [0.717, 1.165) is 5.56 Å². The van der Waals surface area contributed by atoms with Crippen LogP contribution in [0.3, 0.4) is 0 Å². The third kappa shape index (κ3) is 3.84. The second-order valence-electron chi connectivity index (χ2n) is 4.96. The van der Waals surface area contributed by atoms with Crippen LogP contribution in [0.5, 0.6) is 5.75 Å². The third-order valence-corrected chi connectivity index (χ3v) is 3.80. The molecule has 6 nitrogen and oxygen atoms in total. The molecule has 1 saturated carbocycles. The van der Waals surface area contributed by atoms with E-state index in [1.165, 1.54) is 6.07 Å². The average Bonchev–Trinajstić information content (AvgIpc) is 2.43. The van der Waals surface area contributed by atoms with Crippen molar-refractivity contribution in [1.29, 1.82) is 0 Å². The second-order valence-corrected chi connectivity index (χ2v) is 5.53. The Bertz CT molecular complexity index is 510. The van der Waals surface area contributed by atoms with Gasteiger partial charge in [-0.2, -0.15) is 0 Å². The van der Waals surface area contributed by atoms with Crippen LogP contribution in [0.4, 0.5) is 5.69 Å². The van der Waals surface area contributed by atoms with Gasteiger partial charge in [0.05, 0.1) is 23.5 Å². The Morgan fingerprint density at radius 3 is 2.81 bits per heavy atom. The number of alkyl halides is 1. The standard InChI is InChI=1S/C14H18ClNO5/c1-9-3-4-11(16(17)18)12(7-9)21-13-8-10(15)14(13)20-6-5-19-2/h3-4,7,10,13-14H,5-6,8H2,1-2H3. The van der Waals surface area contributed by atoms with Crippen LogP contribution in [0.2, 0.25) is 0 Å². The van der Waals surface area contributed by atoms with E-state index in [2.05, 4.69) is 0 Å². The van der Waals surface area contributed by atoms with Gasteiger partial charge in [-0.25, -0.2) is 0 Å². The van der Waals surface area contributed by atoms with Crippen molar-refractivity contribution in [3.05, 3.63) is 33.9 Å². The molecule has 1 fully saturated rings. The summed E-state index contributed by atoms with van der Waals surface area (Å²) in [7, 11) is 1.59. The summed E-state index contributed by atoms with van der Waals surface area (Å²) < 4.78 is 16.3. The van der Waals surface area contributed by atoms with Gasteiger partial charge in [0.15, 0.2) is 5.75 Å². The lowest BCUT2D eigenvalue weighted by molar-refractivity contribution is -0.386. The number of ether oxygens (including phenoxy) is 3. The predicted molar refractivity (Wildman–Crippen MR) is 78.1 cm³/mol. The monoisotopic (exact) mass is 315 g/mol. The number of aryl methyl sites for hydroxylation is 1. The summed E-state index contributed by atoms with van der Waals surface area (Å²) in [4.78, 5) is 10.6. The first-order valence-electron chi connectivity index (χ1n) is 6.69. The number of nitro benzene ring substituents is 1. The largest absolute Gasteiger partial charge is 0.481 e. The minimum absolute atomic E-state index is 0.0470. The Morgan fingerprint density at radius 2 is 2.19 bits per heavy atom. The van der Waals surface area contributed by atoms with Gasteiger partial charge in [-0.1, -0.05) is 6.07 Å². The molecule has 0 aromatic heterocycles. The Hall–Kier alpha value is -1.37. The van der Waals surface area contributed by atoms with Crippen LogP contribution in [-0.2, 0) is 9.47 Å². The molecule has 0 aliphatic heterocycles. The molecule has 0 bridgehead atoms. The molecule has 0 amide bonds. The maximum absolute atomic E-state index is 11.0. The molecule has 7 heteroatoms. The van der Waals surface area contributed by atoms with Crippen molar-refractivity contribution in [3.8, 4) is 5.75 Å². The van der Waals surface area contributed by atoms with E-state index >= 15 is 0 Å². The number of benzene rings is 1. The van der Waals surface area contributed by atoms with E-state index < -0.39 is 4.92 Å². The molecule has 2 rings (SSSR count). The van der Waals surface area contributed by atoms with Crippen molar-refractivity contribution >= 4 is 17.3 Å². The molecular weight excluding hydrogens is 298 g/mol. The minimum Gasteiger partial charge on any atom is -0.481 e. The zero-order valence-electron chi connectivity index (χ0n) is 12.0. The van der Waals surface area contributed by atoms with Crippen molar-refractivity contribution in [3.63, 3.8) is 0 Å². The first-order valence-corrected chi connectivity index (χ1v) is 7.13. The summed E-state index contributed by atoms with van der Waals surface area (Å²) in [5, 5.41) is 10.9. The van der Waals surface area contributed by atoms with Crippen LogP contribution in [0.15, 0.2) is 18.2 Å². The van der Waals surface area contributed by atoms with Crippen LogP contribution in [0, 0.1) is 17.0 Å². The summed E-state index contributed by atoms with van der Waals surface area (Å²) in [6.45, 7) is 2.74. The highest BCUT2D eigenvalue weighted by Gasteiger charge is 2.43. The van der Waals surface area contributed by atoms with Gasteiger partial charge in [0.25, 0.3) is 0 Å². The second kappa shape index (κ2) is 7.06. The number of nitrogens with zero attached hydrogens (tertiary/aromatic N) is 1. The maximum Gasteiger partial charge on any atom is 0.310 e. The molecular formula is C14H18ClNO5. The lowest BCUT2D eigenvalue weighted by atomic mass is 9.91. The van der Waals surface area contributed by atoms with E-state index in [-0.39, 0.29) is 29.0 Å². The van der Waals surface area contributed by atoms with Crippen molar-refractivity contribution < 1.29 is 19.1 Å². The van der Waals surface area contributed by atoms with Crippen LogP contribution >= 0.6 is 11.6 Å². The highest BCUT2D eigenvalue weighted by Crippen LogP contribution is 2.36. The lowest BCUT2D eigenvalue weighted by Crippen LogP contribution is -2.53. The van der Waals surface area contributed by atoms with E-state index in [4.69, 9.17) is 25.8 Å². The number of hydrogen-bond acceptors (Lipinski definition) is 5. The van der Waals surface area contributed by atoms with Crippen LogP contribution in [0.1, 0.15) is 12.0 Å². The summed E-state index contributed by atoms with van der Waals surface area (Å²) >= 11 is 6.11. The topological polar surface area (TPSA) is 70.8 Å². The molecule has 1 aromatic rings. The fourth-order valence-corrected chi connectivity index (χ4v) is 2.56. The van der Waals surface area contributed by atoms with Gasteiger partial charge in [-0.15, -0.1) is 11.6 Å². The average molecular weight is 316 g/mol. The number of nitro groups is 1. The molecule has 0 radical (unpaired) electrons. The zero-order valence-corrected chi connectivity index (χ0v) is 12.7. The fourth-order valence-electron chi connectivity index (χ4n) is 2.15. The SMILES string of the molecule is COCCOC1C(Cl)CC1Oc1cc(C)ccc1[N+](=O)[O-]. The Morgan fingerprint density at radius 1 is 1.43 bits per heavy atom. The van der Waals surface area contributed by atoms with E-state index in [1.807, 2.05) is 6.92 Å². The zero-order chi connectivity index (χ0) is 15.4. The highest BCUT2D eigenvalue weighted by molar-refractivity contribution is 6.21. The molecule has 3 atom stereocenters. The molecule has 0 saturated heterocycles. The van der Waals surface area contributed by atoms with Crippen molar-refractivity contribution in [1.82, 2.24) is 0 Å². The van der Waals surface area contributed by atoms with Crippen molar-refractivity contribution in [2.45, 2.75) is 30.9 Å². The smallest absolute Gasteiger partial charge is 0.310 e. The van der Waals surface area contributed by atoms with E-state index in [0.29, 0.717) is 19.6 Å². The van der Waals surface area contributed by atoms with Crippen LogP contribution in [-0.4, -0.2) is 42.8 Å². The van der Waals surface area contributed by atoms with E-state index in [9.17, 15) is 10.1 Å². The Kier molecular flexibility index (Phi) is 5.39. The highest BCUT2D eigenvalue weighted by atomic mass is 35.5. The normalized spacial score (nSPS) is 24.4. The molecule has 21 heavy (non-hydrogen) atoms. The summed E-state index contributed by atoms with van der Waals surface area (Å²) in [6, 6.07) is 4.79. The fraction of sp³-hybridized carbons (Fsp3) is 0.571. The van der Waals surface area contributed by atoms with Crippen molar-refractivity contribution in [2.24, 2.45) is 0 Å². The Labute approximate surface area is 128 Å². The number of methoxy groups -OCH3 is 1. The minimum atomic E-state index is -0.452. The molecule has 0 N–H and O–H groups in total. The molecule has 0 spiro atoms. The summed E-state index contributed by atoms with van der Waals surface area (Å²) in [6.07, 6.45) is 0.0522. The summed E-state index contributed by atoms with van der Waals surface area (Å²) in [5.74, 6) is 0.258. The molecule has 1 aliphatic carbocycles. The molecule has 3 unspecified atom stereocenters. The molecule has 1 aliphatic rings. The van der Waals surface area contributed by atoms with Gasteiger partial charge in [-0.3, -0.25) is 10.1 Å². The van der Waals surface area contributed by atoms with Gasteiger partial charge in [0.1, 0.15) is 12.2 Å². The van der Waals surface area contributed by atoms with Crippen molar-refractivity contribution in [2.75, 3.05) is 20.3 Å². The number of halogens is 1. The first-order chi connectivity index (χ1) is 10.0. The third-order valence-electron chi connectivity index (χ3n) is 3.37. The molecule has 116 valence electrons. The number of hydrogen-bond donors (Lipinski definition) is 0. The van der Waals surface area contributed by atoms with Gasteiger partial charge in [-0.05, 0) is 18.6 Å². The summed E-state index contributed by atoms with van der Waals surface area (Å²) in [5.41, 5.74) is 0.850. The van der Waals surface area contributed by atoms with Crippen LogP contribution < -0.4 is 4.74 Å². The van der Waals surface area contributed by atoms with Gasteiger partial charge in [0, 0.05) is 19.6 Å². The molecule has 0 heterocycles. The maximum atomic E-state index is 11.0. The van der Waals surface area contributed by atoms with Gasteiger partial charge < -0.3 is 14.2 Å². The lowest BCUT2D eigenvalue weighted by Gasteiger charge is -2.40. The number of rotatable bonds is 7. The van der Waals surface area contributed by atoms with Gasteiger partial charge in [0.2, 0.25) is 0 Å². The quantitative estimate of drug-likeness (QED) is 0.335. The Balaban J connectivity index is 2.04. The first kappa shape index (κ1) is 16.0. The van der Waals surface area contributed by atoms with Gasteiger partial charge >= 0.3 is 5.69 Å². The molecule has 1 aromatic carbocycles. The van der Waals surface area contributed by atoms with E-state index in [1.54, 1.807) is 19.2 Å².